The molecule has 0 saturated carbocycles. The van der Waals surface area contributed by atoms with E-state index >= 15 is 0 Å². The summed E-state index contributed by atoms with van der Waals surface area (Å²) in [5, 5.41) is 8.93. The summed E-state index contributed by atoms with van der Waals surface area (Å²) >= 11 is 0. The second-order valence-electron chi connectivity index (χ2n) is 6.25. The van der Waals surface area contributed by atoms with E-state index in [1.807, 2.05) is 24.0 Å². The van der Waals surface area contributed by atoms with E-state index in [1.165, 1.54) is 0 Å². The predicted octanol–water partition coefficient (Wildman–Crippen LogP) is 2.07. The minimum Gasteiger partial charge on any atom is -0.395 e. The smallest absolute Gasteiger partial charge is 0.179 e. The highest BCUT2D eigenvalue weighted by Crippen LogP contribution is 2.23. The molecule has 1 aromatic rings. The van der Waals surface area contributed by atoms with E-state index in [0.29, 0.717) is 18.0 Å². The van der Waals surface area contributed by atoms with Crippen LogP contribution in [-0.2, 0) is 15.3 Å². The van der Waals surface area contributed by atoms with E-state index < -0.39 is 9.84 Å². The zero-order valence-corrected chi connectivity index (χ0v) is 14.3. The average molecular weight is 313 g/mol. The third kappa shape index (κ3) is 5.41. The second kappa shape index (κ2) is 7.38. The topological polar surface area (TPSA) is 57.6 Å². The van der Waals surface area contributed by atoms with Crippen molar-refractivity contribution >= 4 is 9.84 Å². The molecule has 0 bridgehead atoms. The van der Waals surface area contributed by atoms with Crippen LogP contribution in [0.2, 0.25) is 0 Å². The van der Waals surface area contributed by atoms with E-state index in [4.69, 9.17) is 5.11 Å². The molecule has 1 aromatic carbocycles. The van der Waals surface area contributed by atoms with Gasteiger partial charge >= 0.3 is 0 Å². The first-order valence-electron chi connectivity index (χ1n) is 7.37. The van der Waals surface area contributed by atoms with Gasteiger partial charge in [0.2, 0.25) is 0 Å². The molecule has 120 valence electrons. The van der Waals surface area contributed by atoms with Gasteiger partial charge in [0.15, 0.2) is 9.84 Å². The highest BCUT2D eigenvalue weighted by Gasteiger charge is 2.18. The second-order valence-corrected chi connectivity index (χ2v) is 8.36. The van der Waals surface area contributed by atoms with Crippen molar-refractivity contribution in [2.24, 2.45) is 0 Å². The Morgan fingerprint density at radius 2 is 1.67 bits per heavy atom. The standard InChI is InChI=1S/C16H27NO3S/c1-5-17(10-12-18)11-13-21(19,20)15-8-6-14(7-9-15)16(2,3)4/h6-9,18H,5,10-13H2,1-4H3. The molecule has 0 amide bonds. The van der Waals surface area contributed by atoms with E-state index in [9.17, 15) is 8.42 Å². The summed E-state index contributed by atoms with van der Waals surface area (Å²) in [7, 11) is -3.27. The van der Waals surface area contributed by atoms with Crippen LogP contribution in [0.4, 0.5) is 0 Å². The minimum absolute atomic E-state index is 0.0163. The Bertz CT molecular complexity index is 530. The zero-order chi connectivity index (χ0) is 16.1. The first kappa shape index (κ1) is 18.1. The van der Waals surface area contributed by atoms with Crippen LogP contribution in [0.3, 0.4) is 0 Å². The molecular weight excluding hydrogens is 286 g/mol. The summed E-state index contributed by atoms with van der Waals surface area (Å²) in [6.07, 6.45) is 0. The van der Waals surface area contributed by atoms with Gasteiger partial charge in [0.05, 0.1) is 17.3 Å². The van der Waals surface area contributed by atoms with Crippen molar-refractivity contribution < 1.29 is 13.5 Å². The van der Waals surface area contributed by atoms with Gasteiger partial charge in [0.25, 0.3) is 0 Å². The monoisotopic (exact) mass is 313 g/mol. The molecule has 0 aromatic heterocycles. The number of nitrogens with zero attached hydrogens (tertiary/aromatic N) is 1. The van der Waals surface area contributed by atoms with Gasteiger partial charge in [-0.2, -0.15) is 0 Å². The summed E-state index contributed by atoms with van der Waals surface area (Å²) < 4.78 is 24.7. The number of hydrogen-bond donors (Lipinski definition) is 1. The lowest BCUT2D eigenvalue weighted by Crippen LogP contribution is -2.31. The van der Waals surface area contributed by atoms with Gasteiger partial charge in [-0.3, -0.25) is 0 Å². The van der Waals surface area contributed by atoms with Crippen molar-refractivity contribution in [1.29, 1.82) is 0 Å². The predicted molar refractivity (Wildman–Crippen MR) is 86.4 cm³/mol. The van der Waals surface area contributed by atoms with Gasteiger partial charge in [0.1, 0.15) is 0 Å². The Morgan fingerprint density at radius 3 is 2.10 bits per heavy atom. The van der Waals surface area contributed by atoms with E-state index in [1.54, 1.807) is 12.1 Å². The fourth-order valence-electron chi connectivity index (χ4n) is 2.10. The van der Waals surface area contributed by atoms with Crippen molar-refractivity contribution in [2.45, 2.75) is 38.0 Å². The molecule has 0 spiro atoms. The number of aliphatic hydroxyl groups excluding tert-OH is 1. The maximum Gasteiger partial charge on any atom is 0.179 e. The van der Waals surface area contributed by atoms with Crippen molar-refractivity contribution in [2.75, 3.05) is 32.0 Å². The molecule has 0 aliphatic carbocycles. The summed E-state index contributed by atoms with van der Waals surface area (Å²) in [4.78, 5) is 2.30. The fraction of sp³-hybridized carbons (Fsp3) is 0.625. The van der Waals surface area contributed by atoms with Gasteiger partial charge in [0, 0.05) is 13.1 Å². The molecule has 0 aliphatic heterocycles. The van der Waals surface area contributed by atoms with Gasteiger partial charge in [-0.15, -0.1) is 0 Å². The third-order valence-electron chi connectivity index (χ3n) is 3.62. The van der Waals surface area contributed by atoms with Crippen molar-refractivity contribution in [3.8, 4) is 0 Å². The Kier molecular flexibility index (Phi) is 6.38. The molecular formula is C16H27NO3S. The van der Waals surface area contributed by atoms with Gasteiger partial charge in [-0.1, -0.05) is 39.8 Å². The molecule has 5 heteroatoms. The lowest BCUT2D eigenvalue weighted by atomic mass is 9.87. The van der Waals surface area contributed by atoms with Crippen LogP contribution in [0.5, 0.6) is 0 Å². The fourth-order valence-corrected chi connectivity index (χ4v) is 3.38. The molecule has 21 heavy (non-hydrogen) atoms. The summed E-state index contributed by atoms with van der Waals surface area (Å²) in [5.41, 5.74) is 1.14. The number of hydrogen-bond acceptors (Lipinski definition) is 4. The molecule has 0 unspecified atom stereocenters. The maximum absolute atomic E-state index is 12.3. The molecule has 0 fully saturated rings. The Hall–Kier alpha value is -0.910. The number of aliphatic hydroxyl groups is 1. The lowest BCUT2D eigenvalue weighted by molar-refractivity contribution is 0.209. The van der Waals surface area contributed by atoms with Crippen LogP contribution in [-0.4, -0.2) is 50.4 Å². The maximum atomic E-state index is 12.3. The van der Waals surface area contributed by atoms with Gasteiger partial charge in [-0.05, 0) is 29.7 Å². The Labute approximate surface area is 128 Å². The van der Waals surface area contributed by atoms with E-state index in [0.717, 1.165) is 12.1 Å². The summed E-state index contributed by atoms with van der Waals surface area (Å²) in [5.74, 6) is 0.0791. The normalized spacial score (nSPS) is 12.9. The summed E-state index contributed by atoms with van der Waals surface area (Å²) in [6.45, 7) is 10.0. The molecule has 0 atom stereocenters. The Balaban J connectivity index is 2.79. The SMILES string of the molecule is CCN(CCO)CCS(=O)(=O)c1ccc(C(C)(C)C)cc1. The molecule has 1 rings (SSSR count). The third-order valence-corrected chi connectivity index (χ3v) is 5.33. The minimum atomic E-state index is -3.27. The first-order chi connectivity index (χ1) is 9.70. The average Bonchev–Trinajstić information content (AvgIpc) is 2.42. The molecule has 0 radical (unpaired) electrons. The van der Waals surface area contributed by atoms with Gasteiger partial charge in [-0.25, -0.2) is 8.42 Å². The molecule has 0 saturated heterocycles. The van der Waals surface area contributed by atoms with Crippen LogP contribution in [0, 0.1) is 0 Å². The Morgan fingerprint density at radius 1 is 1.10 bits per heavy atom. The van der Waals surface area contributed by atoms with Crippen LogP contribution < -0.4 is 0 Å². The number of benzene rings is 1. The van der Waals surface area contributed by atoms with Crippen LogP contribution in [0.15, 0.2) is 29.2 Å². The lowest BCUT2D eigenvalue weighted by Gasteiger charge is -2.20. The van der Waals surface area contributed by atoms with E-state index in [-0.39, 0.29) is 17.8 Å². The van der Waals surface area contributed by atoms with Crippen molar-refractivity contribution in [1.82, 2.24) is 4.90 Å². The number of likely N-dealkylation sites (N-methyl/N-ethyl adjacent to an activating group) is 1. The first-order valence-corrected chi connectivity index (χ1v) is 9.02. The van der Waals surface area contributed by atoms with Gasteiger partial charge < -0.3 is 10.0 Å². The highest BCUT2D eigenvalue weighted by molar-refractivity contribution is 7.91. The van der Waals surface area contributed by atoms with Crippen LogP contribution in [0.1, 0.15) is 33.3 Å². The highest BCUT2D eigenvalue weighted by atomic mass is 32.2. The van der Waals surface area contributed by atoms with Crippen molar-refractivity contribution in [3.63, 3.8) is 0 Å². The van der Waals surface area contributed by atoms with Crippen LogP contribution in [0.25, 0.3) is 0 Å². The molecule has 0 heterocycles. The largest absolute Gasteiger partial charge is 0.395 e. The quantitative estimate of drug-likeness (QED) is 0.837. The van der Waals surface area contributed by atoms with E-state index in [2.05, 4.69) is 20.8 Å². The zero-order valence-electron chi connectivity index (χ0n) is 13.5. The molecule has 0 aliphatic rings. The molecule has 4 nitrogen and oxygen atoms in total. The van der Waals surface area contributed by atoms with Crippen LogP contribution >= 0.6 is 0 Å². The number of sulfone groups is 1. The number of rotatable bonds is 7. The molecule has 1 N–H and O–H groups in total. The summed E-state index contributed by atoms with van der Waals surface area (Å²) in [6, 6.07) is 7.16. The van der Waals surface area contributed by atoms with Crippen molar-refractivity contribution in [3.05, 3.63) is 29.8 Å².